The highest BCUT2D eigenvalue weighted by Crippen LogP contribution is 2.07. The van der Waals surface area contributed by atoms with Gasteiger partial charge in [0.2, 0.25) is 0 Å². The molecule has 0 spiro atoms. The smallest absolute Gasteiger partial charge is 0.159 e. The van der Waals surface area contributed by atoms with Gasteiger partial charge in [0.1, 0.15) is 5.71 Å². The Hall–Kier alpha value is -1.23. The van der Waals surface area contributed by atoms with Gasteiger partial charge in [-0.05, 0) is 12.8 Å². The van der Waals surface area contributed by atoms with E-state index >= 15 is 0 Å². The Morgan fingerprint density at radius 2 is 2.42 bits per heavy atom. The molecule has 5 heteroatoms. The molecule has 1 aliphatic rings. The highest BCUT2D eigenvalue weighted by atomic mass is 16.5. The molecule has 0 fully saturated rings. The van der Waals surface area contributed by atoms with E-state index in [4.69, 9.17) is 5.21 Å². The molecule has 12 heavy (non-hydrogen) atoms. The minimum atomic E-state index is 0.0182. The first kappa shape index (κ1) is 8.86. The first-order chi connectivity index (χ1) is 5.74. The van der Waals surface area contributed by atoms with E-state index in [0.717, 1.165) is 19.3 Å². The van der Waals surface area contributed by atoms with Crippen LogP contribution in [0.2, 0.25) is 0 Å². The number of hydrogen-bond donors (Lipinski definition) is 3. The van der Waals surface area contributed by atoms with Crippen LogP contribution in [0.15, 0.2) is 17.1 Å². The summed E-state index contributed by atoms with van der Waals surface area (Å²) in [6, 6.07) is 0. The van der Waals surface area contributed by atoms with Crippen LogP contribution in [0.3, 0.4) is 0 Å². The van der Waals surface area contributed by atoms with Crippen molar-refractivity contribution in [2.45, 2.75) is 26.2 Å². The van der Waals surface area contributed by atoms with Crippen molar-refractivity contribution in [3.63, 3.8) is 0 Å². The summed E-state index contributed by atoms with van der Waals surface area (Å²) in [4.78, 5) is 0. The Morgan fingerprint density at radius 1 is 1.67 bits per heavy atom. The molecule has 0 saturated heterocycles. The second kappa shape index (κ2) is 3.96. The van der Waals surface area contributed by atoms with Crippen molar-refractivity contribution in [3.05, 3.63) is 12.0 Å². The fraction of sp³-hybridized carbons (Fsp3) is 0.571. The number of nitrogens with one attached hydrogen (secondary N) is 1. The maximum absolute atomic E-state index is 9.25. The van der Waals surface area contributed by atoms with Crippen molar-refractivity contribution in [3.8, 4) is 0 Å². The quantitative estimate of drug-likeness (QED) is 0.595. The molecular weight excluding hydrogens is 158 g/mol. The zero-order valence-corrected chi connectivity index (χ0v) is 6.99. The summed E-state index contributed by atoms with van der Waals surface area (Å²) in [5.41, 5.74) is 2.90. The summed E-state index contributed by atoms with van der Waals surface area (Å²) >= 11 is 0. The minimum absolute atomic E-state index is 0.0182. The Kier molecular flexibility index (Phi) is 2.93. The lowest BCUT2D eigenvalue weighted by atomic mass is 10.1. The standard InChI is InChI=1S/C7H13N3O2/c1-2-3-4-6-7(11)5-10(12)9-8-6/h5,9,11-12H,2-4H2,1H3. The third-order valence-corrected chi connectivity index (χ3v) is 1.59. The van der Waals surface area contributed by atoms with Crippen LogP contribution < -0.4 is 5.53 Å². The Labute approximate surface area is 70.9 Å². The van der Waals surface area contributed by atoms with Crippen LogP contribution in [0.25, 0.3) is 0 Å². The third kappa shape index (κ3) is 2.13. The molecule has 0 atom stereocenters. The van der Waals surface area contributed by atoms with E-state index in [2.05, 4.69) is 17.6 Å². The van der Waals surface area contributed by atoms with Gasteiger partial charge in [0, 0.05) is 0 Å². The molecule has 0 unspecified atom stereocenters. The molecule has 0 aromatic carbocycles. The topological polar surface area (TPSA) is 68.1 Å². The molecule has 68 valence electrons. The van der Waals surface area contributed by atoms with E-state index in [1.165, 1.54) is 6.20 Å². The van der Waals surface area contributed by atoms with Gasteiger partial charge in [-0.1, -0.05) is 13.3 Å². The van der Waals surface area contributed by atoms with Crippen LogP contribution >= 0.6 is 0 Å². The number of hydrazine groups is 1. The van der Waals surface area contributed by atoms with Gasteiger partial charge in [-0.15, -0.1) is 0 Å². The van der Waals surface area contributed by atoms with Gasteiger partial charge >= 0.3 is 0 Å². The highest BCUT2D eigenvalue weighted by molar-refractivity contribution is 5.98. The lowest BCUT2D eigenvalue weighted by Gasteiger charge is -2.17. The zero-order valence-electron chi connectivity index (χ0n) is 6.99. The van der Waals surface area contributed by atoms with Crippen LogP contribution in [-0.2, 0) is 0 Å². The number of allylic oxidation sites excluding steroid dienone is 1. The van der Waals surface area contributed by atoms with Gasteiger partial charge in [0.05, 0.1) is 6.20 Å². The van der Waals surface area contributed by atoms with E-state index in [9.17, 15) is 5.11 Å². The molecule has 3 N–H and O–H groups in total. The molecule has 0 aromatic rings. The maximum Gasteiger partial charge on any atom is 0.159 e. The van der Waals surface area contributed by atoms with E-state index < -0.39 is 0 Å². The van der Waals surface area contributed by atoms with Gasteiger partial charge in [-0.25, -0.2) is 0 Å². The molecule has 5 nitrogen and oxygen atoms in total. The van der Waals surface area contributed by atoms with Crippen molar-refractivity contribution in [2.75, 3.05) is 0 Å². The lowest BCUT2D eigenvalue weighted by Crippen LogP contribution is -2.32. The molecule has 0 aromatic heterocycles. The maximum atomic E-state index is 9.25. The van der Waals surface area contributed by atoms with Crippen LogP contribution in [-0.4, -0.2) is 21.2 Å². The number of nitrogens with zero attached hydrogens (tertiary/aromatic N) is 2. The zero-order chi connectivity index (χ0) is 8.97. The summed E-state index contributed by atoms with van der Waals surface area (Å²) in [6.07, 6.45) is 3.93. The minimum Gasteiger partial charge on any atom is -0.504 e. The summed E-state index contributed by atoms with van der Waals surface area (Å²) in [5.74, 6) is 0.0182. The summed E-state index contributed by atoms with van der Waals surface area (Å²) in [5, 5.41) is 22.4. The predicted octanol–water partition coefficient (Wildman–Crippen LogP) is 1.14. The number of aliphatic hydroxyl groups excluding tert-OH is 1. The average Bonchev–Trinajstić information content (AvgIpc) is 2.03. The summed E-state index contributed by atoms with van der Waals surface area (Å²) < 4.78 is 0. The molecular formula is C7H13N3O2. The first-order valence-corrected chi connectivity index (χ1v) is 3.95. The number of rotatable bonds is 3. The molecule has 0 aliphatic carbocycles. The SMILES string of the molecule is CCCCC1=NNN(O)C=C1O. The van der Waals surface area contributed by atoms with E-state index in [1.54, 1.807) is 0 Å². The average molecular weight is 171 g/mol. The van der Waals surface area contributed by atoms with Crippen molar-refractivity contribution >= 4 is 5.71 Å². The van der Waals surface area contributed by atoms with Crippen molar-refractivity contribution in [2.24, 2.45) is 5.10 Å². The Morgan fingerprint density at radius 3 is 3.00 bits per heavy atom. The highest BCUT2D eigenvalue weighted by Gasteiger charge is 2.11. The van der Waals surface area contributed by atoms with Crippen LogP contribution in [0, 0.1) is 0 Å². The largest absolute Gasteiger partial charge is 0.504 e. The van der Waals surface area contributed by atoms with Crippen LogP contribution in [0.4, 0.5) is 0 Å². The van der Waals surface area contributed by atoms with Gasteiger partial charge in [0.25, 0.3) is 0 Å². The second-order valence-electron chi connectivity index (χ2n) is 2.62. The third-order valence-electron chi connectivity index (χ3n) is 1.59. The molecule has 1 aliphatic heterocycles. The first-order valence-electron chi connectivity index (χ1n) is 3.95. The van der Waals surface area contributed by atoms with Crippen molar-refractivity contribution in [1.29, 1.82) is 0 Å². The summed E-state index contributed by atoms with van der Waals surface area (Å²) in [6.45, 7) is 2.07. The fourth-order valence-corrected chi connectivity index (χ4v) is 0.916. The molecule has 1 rings (SSSR count). The number of unbranched alkanes of at least 4 members (excludes halogenated alkanes) is 1. The predicted molar refractivity (Wildman–Crippen MR) is 44.4 cm³/mol. The van der Waals surface area contributed by atoms with Crippen LogP contribution in [0.5, 0.6) is 0 Å². The van der Waals surface area contributed by atoms with Crippen molar-refractivity contribution < 1.29 is 10.3 Å². The van der Waals surface area contributed by atoms with Gasteiger partial charge in [0.15, 0.2) is 5.76 Å². The molecule has 0 bridgehead atoms. The van der Waals surface area contributed by atoms with Gasteiger partial charge < -0.3 is 5.11 Å². The monoisotopic (exact) mass is 171 g/mol. The van der Waals surface area contributed by atoms with Gasteiger partial charge in [-0.3, -0.25) is 5.21 Å². The molecule has 1 heterocycles. The normalized spacial score (nSPS) is 16.7. The Bertz CT molecular complexity index is 213. The lowest BCUT2D eigenvalue weighted by molar-refractivity contribution is -0.0925. The molecule has 0 saturated carbocycles. The number of hydrogen-bond acceptors (Lipinski definition) is 5. The van der Waals surface area contributed by atoms with E-state index in [1.807, 2.05) is 0 Å². The molecule has 0 amide bonds. The number of hydroxylamine groups is 1. The van der Waals surface area contributed by atoms with Gasteiger partial charge in [-0.2, -0.15) is 15.8 Å². The Balaban J connectivity index is 2.49. The van der Waals surface area contributed by atoms with E-state index in [-0.39, 0.29) is 5.76 Å². The number of hydrazone groups is 1. The van der Waals surface area contributed by atoms with Crippen LogP contribution in [0.1, 0.15) is 26.2 Å². The fourth-order valence-electron chi connectivity index (χ4n) is 0.916. The second-order valence-corrected chi connectivity index (χ2v) is 2.62. The summed E-state index contributed by atoms with van der Waals surface area (Å²) in [7, 11) is 0. The van der Waals surface area contributed by atoms with Crippen molar-refractivity contribution in [1.82, 2.24) is 10.7 Å². The van der Waals surface area contributed by atoms with E-state index in [0.29, 0.717) is 10.9 Å². The number of aliphatic hydroxyl groups is 1. The molecule has 0 radical (unpaired) electrons.